The molecular weight excluding hydrogens is 290 g/mol. The van der Waals surface area contributed by atoms with Gasteiger partial charge in [0.2, 0.25) is 0 Å². The zero-order chi connectivity index (χ0) is 15.6. The summed E-state index contributed by atoms with van der Waals surface area (Å²) in [5, 5.41) is 13.7. The second-order valence-corrected chi connectivity index (χ2v) is 7.06. The maximum Gasteiger partial charge on any atom is 0.125 e. The fraction of sp³-hybridized carbons (Fsp3) is 0.474. The van der Waals surface area contributed by atoms with Crippen molar-refractivity contribution in [3.63, 3.8) is 0 Å². The van der Waals surface area contributed by atoms with Gasteiger partial charge in [0.15, 0.2) is 0 Å². The largest absolute Gasteiger partial charge is 0.379 e. The Kier molecular flexibility index (Phi) is 4.67. The van der Waals surface area contributed by atoms with Crippen LogP contribution in [-0.2, 0) is 12.0 Å². The lowest BCUT2D eigenvalue weighted by Gasteiger charge is -2.35. The van der Waals surface area contributed by atoms with Crippen LogP contribution in [0.4, 0.5) is 0 Å². The van der Waals surface area contributed by atoms with Gasteiger partial charge in [0.1, 0.15) is 5.60 Å². The summed E-state index contributed by atoms with van der Waals surface area (Å²) < 4.78 is 0. The second-order valence-electron chi connectivity index (χ2n) is 6.11. The summed E-state index contributed by atoms with van der Waals surface area (Å²) in [6, 6.07) is 13.0. The molecule has 3 rings (SSSR count). The molecule has 0 bridgehead atoms. The van der Waals surface area contributed by atoms with Crippen molar-refractivity contribution in [2.75, 3.05) is 13.1 Å². The molecule has 0 amide bonds. The third-order valence-electron chi connectivity index (χ3n) is 5.00. The zero-order valence-electron chi connectivity index (χ0n) is 13.5. The van der Waals surface area contributed by atoms with Crippen molar-refractivity contribution in [3.05, 3.63) is 57.8 Å². The van der Waals surface area contributed by atoms with Gasteiger partial charge in [-0.15, -0.1) is 11.3 Å². The fourth-order valence-corrected chi connectivity index (χ4v) is 4.66. The highest BCUT2D eigenvalue weighted by atomic mass is 32.1. The lowest BCUT2D eigenvalue weighted by Crippen LogP contribution is -2.40. The number of hydrogen-bond acceptors (Lipinski definition) is 3. The number of thiophene rings is 1. The van der Waals surface area contributed by atoms with Crippen LogP contribution in [0.3, 0.4) is 0 Å². The predicted octanol–water partition coefficient (Wildman–Crippen LogP) is 4.03. The van der Waals surface area contributed by atoms with Crippen molar-refractivity contribution in [2.45, 2.75) is 44.8 Å². The van der Waals surface area contributed by atoms with E-state index in [1.165, 1.54) is 5.56 Å². The van der Waals surface area contributed by atoms with E-state index in [1.54, 1.807) is 11.3 Å². The maximum atomic E-state index is 11.7. The van der Waals surface area contributed by atoms with Crippen LogP contribution < -0.4 is 0 Å². The lowest BCUT2D eigenvalue weighted by molar-refractivity contribution is 0.0399. The van der Waals surface area contributed by atoms with Crippen molar-refractivity contribution < 1.29 is 5.11 Å². The van der Waals surface area contributed by atoms with E-state index in [4.69, 9.17) is 0 Å². The molecule has 1 aromatic heterocycles. The van der Waals surface area contributed by atoms with Gasteiger partial charge >= 0.3 is 0 Å². The van der Waals surface area contributed by atoms with Crippen LogP contribution in [-0.4, -0.2) is 29.1 Å². The van der Waals surface area contributed by atoms with Crippen molar-refractivity contribution in [3.8, 4) is 0 Å². The Labute approximate surface area is 137 Å². The van der Waals surface area contributed by atoms with Gasteiger partial charge in [-0.3, -0.25) is 0 Å². The number of fused-ring (bicyclic) bond motifs is 1. The van der Waals surface area contributed by atoms with Gasteiger partial charge in [-0.05, 0) is 48.5 Å². The molecule has 22 heavy (non-hydrogen) atoms. The first-order valence-corrected chi connectivity index (χ1v) is 9.15. The highest BCUT2D eigenvalue weighted by molar-refractivity contribution is 7.10. The third kappa shape index (κ3) is 2.73. The quantitative estimate of drug-likeness (QED) is 0.861. The first-order chi connectivity index (χ1) is 10.7. The standard InChI is InChI=1S/C19H25NOS/c1-3-20(4-2)16-12-11-15-8-5-6-9-17(15)19(21,14-16)18-10-7-13-22-18/h5-10,13,16,21H,3-4,11-12,14H2,1-2H3. The Morgan fingerprint density at radius 3 is 2.64 bits per heavy atom. The molecule has 1 aliphatic rings. The first kappa shape index (κ1) is 15.7. The topological polar surface area (TPSA) is 23.5 Å². The Balaban J connectivity index is 2.06. The highest BCUT2D eigenvalue weighted by Crippen LogP contribution is 2.42. The summed E-state index contributed by atoms with van der Waals surface area (Å²) in [5.41, 5.74) is 1.55. The van der Waals surface area contributed by atoms with E-state index >= 15 is 0 Å². The van der Waals surface area contributed by atoms with Gasteiger partial charge in [-0.2, -0.15) is 0 Å². The van der Waals surface area contributed by atoms with Crippen LogP contribution in [0.1, 0.15) is 42.7 Å². The molecule has 1 aliphatic carbocycles. The number of benzene rings is 1. The predicted molar refractivity (Wildman–Crippen MR) is 93.4 cm³/mol. The summed E-state index contributed by atoms with van der Waals surface area (Å²) in [7, 11) is 0. The third-order valence-corrected chi connectivity index (χ3v) is 6.02. The van der Waals surface area contributed by atoms with Crippen LogP contribution in [0, 0.1) is 0 Å². The summed E-state index contributed by atoms with van der Waals surface area (Å²) in [6.45, 7) is 6.51. The van der Waals surface area contributed by atoms with Crippen LogP contribution >= 0.6 is 11.3 Å². The monoisotopic (exact) mass is 315 g/mol. The van der Waals surface area contributed by atoms with Crippen LogP contribution in [0.2, 0.25) is 0 Å². The van der Waals surface area contributed by atoms with E-state index in [1.807, 2.05) is 6.07 Å². The van der Waals surface area contributed by atoms with Crippen molar-refractivity contribution >= 4 is 11.3 Å². The van der Waals surface area contributed by atoms with Crippen LogP contribution in [0.15, 0.2) is 41.8 Å². The molecule has 0 aliphatic heterocycles. The number of aliphatic hydroxyl groups is 1. The molecule has 2 aromatic rings. The molecule has 0 radical (unpaired) electrons. The molecule has 1 N–H and O–H groups in total. The summed E-state index contributed by atoms with van der Waals surface area (Å²) in [6.07, 6.45) is 2.95. The van der Waals surface area contributed by atoms with Crippen LogP contribution in [0.25, 0.3) is 0 Å². The van der Waals surface area contributed by atoms with Gasteiger partial charge in [0, 0.05) is 17.3 Å². The average Bonchev–Trinajstić information content (AvgIpc) is 3.04. The van der Waals surface area contributed by atoms with Gasteiger partial charge in [0.25, 0.3) is 0 Å². The van der Waals surface area contributed by atoms with Crippen LogP contribution in [0.5, 0.6) is 0 Å². The van der Waals surface area contributed by atoms with Crippen molar-refractivity contribution in [2.24, 2.45) is 0 Å². The highest BCUT2D eigenvalue weighted by Gasteiger charge is 2.40. The van der Waals surface area contributed by atoms with E-state index in [9.17, 15) is 5.11 Å². The van der Waals surface area contributed by atoms with E-state index in [0.717, 1.165) is 42.8 Å². The Bertz CT molecular complexity index is 606. The maximum absolute atomic E-state index is 11.7. The molecule has 0 fully saturated rings. The lowest BCUT2D eigenvalue weighted by atomic mass is 9.85. The minimum Gasteiger partial charge on any atom is -0.379 e. The summed E-state index contributed by atoms with van der Waals surface area (Å²) >= 11 is 1.66. The van der Waals surface area contributed by atoms with Gasteiger partial charge < -0.3 is 10.0 Å². The number of aryl methyl sites for hydroxylation is 1. The molecule has 2 unspecified atom stereocenters. The van der Waals surface area contributed by atoms with E-state index in [2.05, 4.69) is 54.5 Å². The fourth-order valence-electron chi connectivity index (χ4n) is 3.82. The van der Waals surface area contributed by atoms with Crippen molar-refractivity contribution in [1.29, 1.82) is 0 Å². The normalized spacial score (nSPS) is 25.0. The molecular formula is C19H25NOS. The SMILES string of the molecule is CCN(CC)C1CCc2ccccc2C(O)(c2cccs2)C1. The minimum atomic E-state index is -0.853. The van der Waals surface area contributed by atoms with Gasteiger partial charge in [-0.25, -0.2) is 0 Å². The molecule has 0 spiro atoms. The Hall–Kier alpha value is -1.16. The molecule has 3 heteroatoms. The molecule has 0 saturated carbocycles. The Morgan fingerprint density at radius 2 is 1.95 bits per heavy atom. The summed E-state index contributed by atoms with van der Waals surface area (Å²) in [4.78, 5) is 3.56. The Morgan fingerprint density at radius 1 is 1.18 bits per heavy atom. The first-order valence-electron chi connectivity index (χ1n) is 8.27. The van der Waals surface area contributed by atoms with E-state index < -0.39 is 5.60 Å². The smallest absolute Gasteiger partial charge is 0.125 e. The number of hydrogen-bond donors (Lipinski definition) is 1. The van der Waals surface area contributed by atoms with Gasteiger partial charge in [0.05, 0.1) is 0 Å². The zero-order valence-corrected chi connectivity index (χ0v) is 14.3. The number of nitrogens with zero attached hydrogens (tertiary/aromatic N) is 1. The second kappa shape index (κ2) is 6.53. The molecule has 2 atom stereocenters. The molecule has 1 aromatic carbocycles. The van der Waals surface area contributed by atoms with E-state index in [-0.39, 0.29) is 0 Å². The number of rotatable bonds is 4. The minimum absolute atomic E-state index is 0.425. The van der Waals surface area contributed by atoms with Crippen molar-refractivity contribution in [1.82, 2.24) is 4.90 Å². The molecule has 2 nitrogen and oxygen atoms in total. The van der Waals surface area contributed by atoms with Gasteiger partial charge in [-0.1, -0.05) is 44.2 Å². The molecule has 1 heterocycles. The summed E-state index contributed by atoms with van der Waals surface area (Å²) in [5.74, 6) is 0. The molecule has 118 valence electrons. The average molecular weight is 315 g/mol. The van der Waals surface area contributed by atoms with E-state index in [0.29, 0.717) is 6.04 Å². The molecule has 0 saturated heterocycles.